The molecule has 0 bridgehead atoms. The number of rotatable bonds is 6. The van der Waals surface area contributed by atoms with Crippen LogP contribution in [-0.2, 0) is 26.1 Å². The zero-order valence-corrected chi connectivity index (χ0v) is 12.0. The Hall–Kier alpha value is -1.68. The van der Waals surface area contributed by atoms with Crippen LogP contribution in [0.1, 0.15) is 36.5 Å². The van der Waals surface area contributed by atoms with Gasteiger partial charge in [0.05, 0.1) is 17.1 Å². The van der Waals surface area contributed by atoms with Gasteiger partial charge in [-0.1, -0.05) is 13.0 Å². The highest BCUT2D eigenvalue weighted by Gasteiger charge is 2.05. The molecule has 2 rings (SSSR count). The van der Waals surface area contributed by atoms with Crippen LogP contribution >= 0.6 is 0 Å². The number of nitrogens with zero attached hydrogens (tertiary/aromatic N) is 3. The van der Waals surface area contributed by atoms with Gasteiger partial charge in [0.15, 0.2) is 0 Å². The van der Waals surface area contributed by atoms with Gasteiger partial charge in [-0.05, 0) is 38.0 Å². The molecule has 0 aromatic carbocycles. The normalized spacial score (nSPS) is 10.9. The maximum absolute atomic E-state index is 4.55. The smallest absolute Gasteiger partial charge is 0.0625 e. The van der Waals surface area contributed by atoms with Crippen molar-refractivity contribution in [1.82, 2.24) is 20.1 Å². The van der Waals surface area contributed by atoms with Gasteiger partial charge in [0.25, 0.3) is 0 Å². The Labute approximate surface area is 114 Å². The Morgan fingerprint density at radius 2 is 2.11 bits per heavy atom. The second-order valence-electron chi connectivity index (χ2n) is 4.67. The number of aryl methyl sites for hydroxylation is 3. The third-order valence-electron chi connectivity index (χ3n) is 3.29. The second-order valence-corrected chi connectivity index (χ2v) is 4.67. The lowest BCUT2D eigenvalue weighted by molar-refractivity contribution is 0.574. The molecule has 19 heavy (non-hydrogen) atoms. The van der Waals surface area contributed by atoms with Crippen molar-refractivity contribution in [3.8, 4) is 0 Å². The standard InChI is InChI=1S/C15H22N4/c1-4-13-9-14(19(5-2)18-13)10-16-11-15-12(3)7-6-8-17-15/h6-9,16H,4-5,10-11H2,1-3H3. The van der Waals surface area contributed by atoms with Crippen molar-refractivity contribution in [2.45, 2.75) is 46.8 Å². The van der Waals surface area contributed by atoms with Gasteiger partial charge in [-0.3, -0.25) is 9.67 Å². The van der Waals surface area contributed by atoms with E-state index < -0.39 is 0 Å². The summed E-state index contributed by atoms with van der Waals surface area (Å²) in [5.74, 6) is 0. The summed E-state index contributed by atoms with van der Waals surface area (Å²) in [5, 5.41) is 8.00. The number of aromatic nitrogens is 3. The molecule has 4 heteroatoms. The van der Waals surface area contributed by atoms with E-state index in [1.54, 1.807) is 0 Å². The van der Waals surface area contributed by atoms with Crippen molar-refractivity contribution in [3.63, 3.8) is 0 Å². The maximum Gasteiger partial charge on any atom is 0.0625 e. The van der Waals surface area contributed by atoms with Gasteiger partial charge in [0.1, 0.15) is 0 Å². The lowest BCUT2D eigenvalue weighted by Gasteiger charge is -2.07. The third kappa shape index (κ3) is 3.41. The molecule has 0 saturated heterocycles. The molecule has 0 atom stereocenters. The van der Waals surface area contributed by atoms with Crippen LogP contribution in [-0.4, -0.2) is 14.8 Å². The fourth-order valence-corrected chi connectivity index (χ4v) is 2.12. The summed E-state index contributed by atoms with van der Waals surface area (Å²) in [6.45, 7) is 8.89. The highest BCUT2D eigenvalue weighted by molar-refractivity contribution is 5.17. The third-order valence-corrected chi connectivity index (χ3v) is 3.29. The van der Waals surface area contributed by atoms with Crippen molar-refractivity contribution in [2.75, 3.05) is 0 Å². The van der Waals surface area contributed by atoms with E-state index in [1.165, 1.54) is 11.3 Å². The Bertz CT molecular complexity index is 531. The van der Waals surface area contributed by atoms with Crippen LogP contribution in [0.5, 0.6) is 0 Å². The zero-order valence-electron chi connectivity index (χ0n) is 12.0. The molecule has 0 unspecified atom stereocenters. The molecule has 102 valence electrons. The van der Waals surface area contributed by atoms with E-state index in [4.69, 9.17) is 0 Å². The van der Waals surface area contributed by atoms with Gasteiger partial charge >= 0.3 is 0 Å². The number of hydrogen-bond donors (Lipinski definition) is 1. The van der Waals surface area contributed by atoms with Gasteiger partial charge in [-0.15, -0.1) is 0 Å². The molecule has 1 N–H and O–H groups in total. The molecule has 2 heterocycles. The van der Waals surface area contributed by atoms with Crippen molar-refractivity contribution in [2.24, 2.45) is 0 Å². The molecule has 0 amide bonds. The van der Waals surface area contributed by atoms with E-state index in [1.807, 2.05) is 12.3 Å². The molecule has 0 aliphatic rings. The highest BCUT2D eigenvalue weighted by Crippen LogP contribution is 2.07. The summed E-state index contributed by atoms with van der Waals surface area (Å²) in [6, 6.07) is 6.25. The van der Waals surface area contributed by atoms with Crippen LogP contribution < -0.4 is 5.32 Å². The lowest BCUT2D eigenvalue weighted by atomic mass is 10.2. The number of nitrogens with one attached hydrogen (secondary N) is 1. The second kappa shape index (κ2) is 6.48. The fourth-order valence-electron chi connectivity index (χ4n) is 2.12. The van der Waals surface area contributed by atoms with Crippen molar-refractivity contribution < 1.29 is 0 Å². The SMILES string of the molecule is CCc1cc(CNCc2ncccc2C)n(CC)n1. The Kier molecular flexibility index (Phi) is 4.68. The largest absolute Gasteiger partial charge is 0.306 e. The maximum atomic E-state index is 4.55. The highest BCUT2D eigenvalue weighted by atomic mass is 15.3. The van der Waals surface area contributed by atoms with Crippen molar-refractivity contribution >= 4 is 0 Å². The summed E-state index contributed by atoms with van der Waals surface area (Å²) in [7, 11) is 0. The van der Waals surface area contributed by atoms with Crippen LogP contribution in [0.4, 0.5) is 0 Å². The fraction of sp³-hybridized carbons (Fsp3) is 0.467. The van der Waals surface area contributed by atoms with E-state index >= 15 is 0 Å². The quantitative estimate of drug-likeness (QED) is 0.865. The van der Waals surface area contributed by atoms with Gasteiger partial charge in [0.2, 0.25) is 0 Å². The summed E-state index contributed by atoms with van der Waals surface area (Å²) < 4.78 is 2.07. The Morgan fingerprint density at radius 1 is 1.26 bits per heavy atom. The van der Waals surface area contributed by atoms with Crippen LogP contribution in [0.25, 0.3) is 0 Å². The van der Waals surface area contributed by atoms with Crippen LogP contribution in [0.3, 0.4) is 0 Å². The van der Waals surface area contributed by atoms with E-state index in [0.717, 1.165) is 37.4 Å². The minimum Gasteiger partial charge on any atom is -0.306 e. The molecule has 0 radical (unpaired) electrons. The van der Waals surface area contributed by atoms with E-state index in [0.29, 0.717) is 0 Å². The number of pyridine rings is 1. The molecular formula is C15H22N4. The molecule has 4 nitrogen and oxygen atoms in total. The van der Waals surface area contributed by atoms with E-state index in [2.05, 4.69) is 53.0 Å². The van der Waals surface area contributed by atoms with Gasteiger partial charge < -0.3 is 5.32 Å². The first-order valence-corrected chi connectivity index (χ1v) is 6.91. The molecule has 0 saturated carbocycles. The van der Waals surface area contributed by atoms with Crippen molar-refractivity contribution in [1.29, 1.82) is 0 Å². The van der Waals surface area contributed by atoms with E-state index in [9.17, 15) is 0 Å². The first kappa shape index (κ1) is 13.7. The van der Waals surface area contributed by atoms with E-state index in [-0.39, 0.29) is 0 Å². The predicted molar refractivity (Wildman–Crippen MR) is 76.8 cm³/mol. The first-order valence-electron chi connectivity index (χ1n) is 6.91. The monoisotopic (exact) mass is 258 g/mol. The average molecular weight is 258 g/mol. The van der Waals surface area contributed by atoms with Crippen LogP contribution in [0.2, 0.25) is 0 Å². The Morgan fingerprint density at radius 3 is 2.79 bits per heavy atom. The average Bonchev–Trinajstić information content (AvgIpc) is 2.83. The summed E-state index contributed by atoms with van der Waals surface area (Å²) in [4.78, 5) is 4.39. The van der Waals surface area contributed by atoms with Gasteiger partial charge in [0, 0.05) is 25.8 Å². The molecule has 2 aromatic heterocycles. The topological polar surface area (TPSA) is 42.7 Å². The van der Waals surface area contributed by atoms with Gasteiger partial charge in [-0.2, -0.15) is 5.10 Å². The summed E-state index contributed by atoms with van der Waals surface area (Å²) in [5.41, 5.74) is 4.75. The lowest BCUT2D eigenvalue weighted by Crippen LogP contribution is -2.17. The van der Waals surface area contributed by atoms with Crippen molar-refractivity contribution in [3.05, 3.63) is 47.0 Å². The Balaban J connectivity index is 1.96. The predicted octanol–water partition coefficient (Wildman–Crippen LogP) is 2.46. The summed E-state index contributed by atoms with van der Waals surface area (Å²) in [6.07, 6.45) is 2.83. The zero-order chi connectivity index (χ0) is 13.7. The van der Waals surface area contributed by atoms with Crippen LogP contribution in [0, 0.1) is 6.92 Å². The number of hydrogen-bond acceptors (Lipinski definition) is 3. The molecule has 0 aliphatic carbocycles. The first-order chi connectivity index (χ1) is 9.24. The summed E-state index contributed by atoms with van der Waals surface area (Å²) >= 11 is 0. The van der Waals surface area contributed by atoms with Crippen LogP contribution in [0.15, 0.2) is 24.4 Å². The minimum atomic E-state index is 0.795. The molecule has 0 aliphatic heterocycles. The van der Waals surface area contributed by atoms with Gasteiger partial charge in [-0.25, -0.2) is 0 Å². The minimum absolute atomic E-state index is 0.795. The molecule has 0 fully saturated rings. The molecule has 0 spiro atoms. The molecule has 2 aromatic rings. The molecular weight excluding hydrogens is 236 g/mol.